The van der Waals surface area contributed by atoms with Crippen molar-refractivity contribution in [3.05, 3.63) is 35.7 Å². The lowest BCUT2D eigenvalue weighted by atomic mass is 9.93. The van der Waals surface area contributed by atoms with Crippen molar-refractivity contribution in [2.45, 2.75) is 19.3 Å². The van der Waals surface area contributed by atoms with E-state index in [0.717, 1.165) is 24.1 Å². The molecule has 0 radical (unpaired) electrons. The van der Waals surface area contributed by atoms with E-state index in [9.17, 15) is 9.59 Å². The van der Waals surface area contributed by atoms with Crippen LogP contribution in [0, 0.1) is 5.92 Å². The first-order valence-electron chi connectivity index (χ1n) is 7.97. The molecule has 126 valence electrons. The van der Waals surface area contributed by atoms with Gasteiger partial charge < -0.3 is 10.6 Å². The molecule has 1 aromatic carbocycles. The fraction of sp³-hybridized carbons (Fsp3) is 0.353. The molecular formula is C17H20N4O2S. The zero-order valence-corrected chi connectivity index (χ0v) is 14.1. The number of thiazole rings is 1. The maximum atomic E-state index is 12.3. The van der Waals surface area contributed by atoms with E-state index in [4.69, 9.17) is 5.73 Å². The van der Waals surface area contributed by atoms with E-state index in [1.165, 1.54) is 11.3 Å². The minimum atomic E-state index is -0.269. The van der Waals surface area contributed by atoms with Crippen LogP contribution in [0.4, 0.5) is 9.93 Å². The van der Waals surface area contributed by atoms with Gasteiger partial charge >= 0.3 is 6.03 Å². The van der Waals surface area contributed by atoms with Gasteiger partial charge in [0.25, 0.3) is 0 Å². The summed E-state index contributed by atoms with van der Waals surface area (Å²) >= 11 is 1.41. The lowest BCUT2D eigenvalue weighted by Crippen LogP contribution is -2.41. The van der Waals surface area contributed by atoms with E-state index in [-0.39, 0.29) is 17.9 Å². The highest BCUT2D eigenvalue weighted by atomic mass is 32.1. The summed E-state index contributed by atoms with van der Waals surface area (Å²) in [6.07, 6.45) is 2.02. The third-order valence-electron chi connectivity index (χ3n) is 4.18. The Bertz CT molecular complexity index is 708. The fourth-order valence-corrected chi connectivity index (χ4v) is 3.58. The van der Waals surface area contributed by atoms with Gasteiger partial charge in [0.2, 0.25) is 5.91 Å². The number of hydrogen-bond donors (Lipinski definition) is 2. The molecule has 24 heavy (non-hydrogen) atoms. The van der Waals surface area contributed by atoms with Gasteiger partial charge in [0.15, 0.2) is 5.13 Å². The van der Waals surface area contributed by atoms with Crippen LogP contribution in [0.2, 0.25) is 0 Å². The van der Waals surface area contributed by atoms with Crippen LogP contribution in [-0.4, -0.2) is 34.9 Å². The maximum absolute atomic E-state index is 12.3. The number of carbonyl (C=O) groups excluding carboxylic acids is 2. The van der Waals surface area contributed by atoms with Gasteiger partial charge in [0, 0.05) is 30.5 Å². The average molecular weight is 344 g/mol. The number of primary amides is 1. The minimum Gasteiger partial charge on any atom is -0.370 e. The summed E-state index contributed by atoms with van der Waals surface area (Å²) in [5.74, 6) is 0.0187. The number of urea groups is 1. The van der Waals surface area contributed by atoms with Crippen LogP contribution < -0.4 is 11.1 Å². The number of carbonyl (C=O) groups is 2. The predicted molar refractivity (Wildman–Crippen MR) is 94.7 cm³/mol. The van der Waals surface area contributed by atoms with Crippen molar-refractivity contribution >= 4 is 28.4 Å². The van der Waals surface area contributed by atoms with Gasteiger partial charge in [-0.2, -0.15) is 0 Å². The Morgan fingerprint density at radius 3 is 2.62 bits per heavy atom. The Morgan fingerprint density at radius 2 is 1.96 bits per heavy atom. The molecule has 1 aliphatic rings. The van der Waals surface area contributed by atoms with Gasteiger partial charge in [-0.05, 0) is 18.8 Å². The molecular weight excluding hydrogens is 324 g/mol. The molecule has 6 nitrogen and oxygen atoms in total. The number of benzene rings is 1. The highest BCUT2D eigenvalue weighted by Crippen LogP contribution is 2.25. The lowest BCUT2D eigenvalue weighted by molar-refractivity contribution is -0.119. The third kappa shape index (κ3) is 4.11. The zero-order chi connectivity index (χ0) is 16.9. The molecule has 3 rings (SSSR count). The van der Waals surface area contributed by atoms with Crippen LogP contribution in [0.15, 0.2) is 35.7 Å². The van der Waals surface area contributed by atoms with Gasteiger partial charge in [-0.1, -0.05) is 30.3 Å². The summed E-state index contributed by atoms with van der Waals surface area (Å²) in [4.78, 5) is 29.5. The Balaban J connectivity index is 1.54. The molecule has 1 fully saturated rings. The van der Waals surface area contributed by atoms with Crippen LogP contribution in [0.1, 0.15) is 19.3 Å². The number of amides is 3. The topological polar surface area (TPSA) is 88.3 Å². The van der Waals surface area contributed by atoms with E-state index in [1.54, 1.807) is 4.90 Å². The molecule has 1 saturated heterocycles. The first kappa shape index (κ1) is 16.4. The Labute approximate surface area is 144 Å². The summed E-state index contributed by atoms with van der Waals surface area (Å²) in [6, 6.07) is 9.72. The molecule has 3 amide bonds. The number of nitrogens with one attached hydrogen (secondary N) is 1. The van der Waals surface area contributed by atoms with Gasteiger partial charge in [0.1, 0.15) is 0 Å². The molecule has 2 aromatic rings. The molecule has 0 atom stereocenters. The van der Waals surface area contributed by atoms with Crippen molar-refractivity contribution in [3.8, 4) is 11.3 Å². The molecule has 1 aliphatic heterocycles. The Morgan fingerprint density at radius 1 is 1.25 bits per heavy atom. The van der Waals surface area contributed by atoms with E-state index >= 15 is 0 Å². The number of rotatable bonds is 4. The second-order valence-corrected chi connectivity index (χ2v) is 6.79. The van der Waals surface area contributed by atoms with Crippen LogP contribution in [0.5, 0.6) is 0 Å². The predicted octanol–water partition coefficient (Wildman–Crippen LogP) is 2.93. The molecule has 7 heteroatoms. The number of nitrogens with two attached hydrogens (primary N) is 1. The normalized spacial score (nSPS) is 15.2. The van der Waals surface area contributed by atoms with Crippen molar-refractivity contribution in [1.29, 1.82) is 0 Å². The van der Waals surface area contributed by atoms with Gasteiger partial charge in [-0.3, -0.25) is 10.1 Å². The van der Waals surface area contributed by atoms with Crippen molar-refractivity contribution in [1.82, 2.24) is 9.88 Å². The standard InChI is InChI=1S/C17H20N4O2S/c18-15(22)10-12-6-8-21(9-7-12)17(23)20-16-19-14(11-24-16)13-4-2-1-3-5-13/h1-5,11-12H,6-10H2,(H2,18,22)(H,19,20,23). The van der Waals surface area contributed by atoms with Crippen LogP contribution in [0.25, 0.3) is 11.3 Å². The van der Waals surface area contributed by atoms with Crippen LogP contribution in [0.3, 0.4) is 0 Å². The van der Waals surface area contributed by atoms with E-state index in [2.05, 4.69) is 10.3 Å². The molecule has 0 spiro atoms. The molecule has 1 aromatic heterocycles. The van der Waals surface area contributed by atoms with E-state index < -0.39 is 0 Å². The fourth-order valence-electron chi connectivity index (χ4n) is 2.87. The molecule has 3 N–H and O–H groups in total. The van der Waals surface area contributed by atoms with Crippen LogP contribution >= 0.6 is 11.3 Å². The summed E-state index contributed by atoms with van der Waals surface area (Å²) < 4.78 is 0. The lowest BCUT2D eigenvalue weighted by Gasteiger charge is -2.31. The molecule has 0 aliphatic carbocycles. The summed E-state index contributed by atoms with van der Waals surface area (Å²) in [6.45, 7) is 1.28. The highest BCUT2D eigenvalue weighted by Gasteiger charge is 2.24. The second-order valence-electron chi connectivity index (χ2n) is 5.93. The largest absolute Gasteiger partial charge is 0.370 e. The average Bonchev–Trinajstić information content (AvgIpc) is 3.04. The van der Waals surface area contributed by atoms with Crippen molar-refractivity contribution in [3.63, 3.8) is 0 Å². The number of likely N-dealkylation sites (tertiary alicyclic amines) is 1. The summed E-state index contributed by atoms with van der Waals surface area (Å²) in [5, 5.41) is 5.39. The zero-order valence-electron chi connectivity index (χ0n) is 13.3. The smallest absolute Gasteiger partial charge is 0.323 e. The number of hydrogen-bond acceptors (Lipinski definition) is 4. The molecule has 0 unspecified atom stereocenters. The molecule has 2 heterocycles. The summed E-state index contributed by atoms with van der Waals surface area (Å²) in [5.41, 5.74) is 7.12. The number of anilines is 1. The van der Waals surface area contributed by atoms with Gasteiger partial charge in [-0.25, -0.2) is 9.78 Å². The van der Waals surface area contributed by atoms with E-state index in [0.29, 0.717) is 24.6 Å². The number of piperidine rings is 1. The number of aromatic nitrogens is 1. The highest BCUT2D eigenvalue weighted by molar-refractivity contribution is 7.14. The first-order chi connectivity index (χ1) is 11.6. The minimum absolute atomic E-state index is 0.138. The Kier molecular flexibility index (Phi) is 5.10. The SMILES string of the molecule is NC(=O)CC1CCN(C(=O)Nc2nc(-c3ccccc3)cs2)CC1. The molecule has 0 bridgehead atoms. The van der Waals surface area contributed by atoms with Crippen LogP contribution in [-0.2, 0) is 4.79 Å². The van der Waals surface area contributed by atoms with Crippen molar-refractivity contribution in [2.24, 2.45) is 11.7 Å². The first-order valence-corrected chi connectivity index (χ1v) is 8.85. The number of nitrogens with zero attached hydrogens (tertiary/aromatic N) is 2. The quantitative estimate of drug-likeness (QED) is 0.894. The van der Waals surface area contributed by atoms with Crippen molar-refractivity contribution < 1.29 is 9.59 Å². The molecule has 0 saturated carbocycles. The third-order valence-corrected chi connectivity index (χ3v) is 4.94. The second kappa shape index (κ2) is 7.44. The van der Waals surface area contributed by atoms with E-state index in [1.807, 2.05) is 35.7 Å². The summed E-state index contributed by atoms with van der Waals surface area (Å²) in [7, 11) is 0. The monoisotopic (exact) mass is 344 g/mol. The van der Waals surface area contributed by atoms with Gasteiger partial charge in [-0.15, -0.1) is 11.3 Å². The van der Waals surface area contributed by atoms with Crippen molar-refractivity contribution in [2.75, 3.05) is 18.4 Å². The van der Waals surface area contributed by atoms with Gasteiger partial charge in [0.05, 0.1) is 5.69 Å². The Hall–Kier alpha value is -2.41. The maximum Gasteiger partial charge on any atom is 0.323 e.